The molecule has 0 fully saturated rings. The summed E-state index contributed by atoms with van der Waals surface area (Å²) in [5.74, 6) is 0.346. The maximum absolute atomic E-state index is 13.5. The molecule has 0 saturated carbocycles. The largest absolute Gasteiger partial charge is 0.497 e. The van der Waals surface area contributed by atoms with Crippen molar-refractivity contribution in [2.24, 2.45) is 0 Å². The summed E-state index contributed by atoms with van der Waals surface area (Å²) in [5, 5.41) is 10.5. The minimum Gasteiger partial charge on any atom is -0.497 e. The third-order valence-electron chi connectivity index (χ3n) is 6.93. The quantitative estimate of drug-likeness (QED) is 0.0861. The van der Waals surface area contributed by atoms with Crippen LogP contribution in [-0.2, 0) is 9.59 Å². The summed E-state index contributed by atoms with van der Waals surface area (Å²) in [6.07, 6.45) is 1.61. The van der Waals surface area contributed by atoms with E-state index in [4.69, 9.17) is 9.47 Å². The SMILES string of the molecule is CCOc1ccc(/C=C(/NC(=O)c2ccccc2)C(=O)Nc2cccc(SC(C)C(=O)Nc3nc(-c4ccc(OC)cc4)cs3)c2)cc1. The van der Waals surface area contributed by atoms with Crippen molar-refractivity contribution in [1.29, 1.82) is 0 Å². The molecular formula is C37H34N4O5S2. The molecule has 4 aromatic carbocycles. The van der Waals surface area contributed by atoms with Gasteiger partial charge in [-0.3, -0.25) is 14.4 Å². The number of thioether (sulfide) groups is 1. The summed E-state index contributed by atoms with van der Waals surface area (Å²) >= 11 is 2.70. The van der Waals surface area contributed by atoms with Crippen LogP contribution in [0.4, 0.5) is 10.8 Å². The minimum absolute atomic E-state index is 0.0660. The van der Waals surface area contributed by atoms with Crippen LogP contribution in [0.3, 0.4) is 0 Å². The highest BCUT2D eigenvalue weighted by atomic mass is 32.2. The van der Waals surface area contributed by atoms with Crippen molar-refractivity contribution in [3.63, 3.8) is 0 Å². The summed E-state index contributed by atoms with van der Waals surface area (Å²) in [6.45, 7) is 4.25. The number of nitrogens with zero attached hydrogens (tertiary/aromatic N) is 1. The second kappa shape index (κ2) is 16.4. The maximum atomic E-state index is 13.5. The van der Waals surface area contributed by atoms with E-state index >= 15 is 0 Å². The number of carbonyl (C=O) groups is 3. The number of methoxy groups -OCH3 is 1. The summed E-state index contributed by atoms with van der Waals surface area (Å²) < 4.78 is 10.7. The first-order valence-electron chi connectivity index (χ1n) is 15.1. The number of hydrogen-bond acceptors (Lipinski definition) is 8. The molecule has 48 heavy (non-hydrogen) atoms. The third kappa shape index (κ3) is 9.34. The lowest BCUT2D eigenvalue weighted by molar-refractivity contribution is -0.115. The van der Waals surface area contributed by atoms with Crippen molar-refractivity contribution in [3.05, 3.63) is 125 Å². The molecule has 0 aliphatic heterocycles. The van der Waals surface area contributed by atoms with Crippen molar-refractivity contribution in [3.8, 4) is 22.8 Å². The molecule has 0 aliphatic rings. The number of nitrogens with one attached hydrogen (secondary N) is 3. The van der Waals surface area contributed by atoms with Gasteiger partial charge in [0.2, 0.25) is 5.91 Å². The Morgan fingerprint density at radius 1 is 0.896 bits per heavy atom. The highest BCUT2D eigenvalue weighted by Gasteiger charge is 2.18. The van der Waals surface area contributed by atoms with E-state index < -0.39 is 17.1 Å². The Balaban J connectivity index is 1.25. The Morgan fingerprint density at radius 2 is 1.62 bits per heavy atom. The molecule has 1 unspecified atom stereocenters. The molecule has 0 spiro atoms. The first kappa shape index (κ1) is 34.0. The predicted molar refractivity (Wildman–Crippen MR) is 193 cm³/mol. The van der Waals surface area contributed by atoms with Crippen molar-refractivity contribution in [1.82, 2.24) is 10.3 Å². The first-order valence-corrected chi connectivity index (χ1v) is 16.9. The van der Waals surface area contributed by atoms with Crippen LogP contribution in [0.2, 0.25) is 0 Å². The van der Waals surface area contributed by atoms with Gasteiger partial charge in [0, 0.05) is 27.1 Å². The smallest absolute Gasteiger partial charge is 0.272 e. The Morgan fingerprint density at radius 3 is 2.33 bits per heavy atom. The van der Waals surface area contributed by atoms with Gasteiger partial charge in [0.15, 0.2) is 5.13 Å². The van der Waals surface area contributed by atoms with E-state index in [0.717, 1.165) is 21.9 Å². The lowest BCUT2D eigenvalue weighted by atomic mass is 10.1. The molecule has 0 bridgehead atoms. The second-order valence-corrected chi connectivity index (χ2v) is 12.7. The van der Waals surface area contributed by atoms with Gasteiger partial charge in [-0.15, -0.1) is 23.1 Å². The molecule has 11 heteroatoms. The zero-order chi connectivity index (χ0) is 33.9. The van der Waals surface area contributed by atoms with Crippen LogP contribution < -0.4 is 25.4 Å². The molecule has 3 N–H and O–H groups in total. The van der Waals surface area contributed by atoms with Crippen LogP contribution in [0, 0.1) is 0 Å². The van der Waals surface area contributed by atoms with Gasteiger partial charge in [-0.25, -0.2) is 4.98 Å². The van der Waals surface area contributed by atoms with Gasteiger partial charge in [-0.2, -0.15) is 0 Å². The summed E-state index contributed by atoms with van der Waals surface area (Å²) in [5.41, 5.74) is 3.38. The monoisotopic (exact) mass is 678 g/mol. The van der Waals surface area contributed by atoms with E-state index in [-0.39, 0.29) is 11.6 Å². The summed E-state index contributed by atoms with van der Waals surface area (Å²) in [7, 11) is 1.62. The molecule has 1 aromatic heterocycles. The van der Waals surface area contributed by atoms with Gasteiger partial charge < -0.3 is 25.4 Å². The number of thiazole rings is 1. The topological polar surface area (TPSA) is 119 Å². The molecular weight excluding hydrogens is 645 g/mol. The molecule has 0 saturated heterocycles. The van der Waals surface area contributed by atoms with Crippen LogP contribution in [0.25, 0.3) is 17.3 Å². The molecule has 1 heterocycles. The number of benzene rings is 4. The highest BCUT2D eigenvalue weighted by Crippen LogP contribution is 2.29. The summed E-state index contributed by atoms with van der Waals surface area (Å²) in [6, 6.07) is 30.6. The lowest BCUT2D eigenvalue weighted by Crippen LogP contribution is -2.30. The van der Waals surface area contributed by atoms with E-state index in [1.54, 1.807) is 74.7 Å². The molecule has 0 radical (unpaired) electrons. The normalized spacial score (nSPS) is 11.7. The number of ether oxygens (including phenoxy) is 2. The Hall–Kier alpha value is -5.39. The number of anilines is 2. The molecule has 1 atom stereocenters. The van der Waals surface area contributed by atoms with E-state index in [2.05, 4.69) is 20.9 Å². The van der Waals surface area contributed by atoms with E-state index in [1.807, 2.05) is 60.8 Å². The van der Waals surface area contributed by atoms with Gasteiger partial charge in [0.25, 0.3) is 11.8 Å². The van der Waals surface area contributed by atoms with Gasteiger partial charge in [-0.1, -0.05) is 36.4 Å². The average Bonchev–Trinajstić information content (AvgIpc) is 3.57. The van der Waals surface area contributed by atoms with Crippen molar-refractivity contribution in [2.75, 3.05) is 24.4 Å². The Kier molecular flexibility index (Phi) is 11.6. The number of hydrogen-bond donors (Lipinski definition) is 3. The molecule has 5 aromatic rings. The van der Waals surface area contributed by atoms with Gasteiger partial charge in [-0.05, 0) is 92.2 Å². The van der Waals surface area contributed by atoms with Gasteiger partial charge in [0.05, 0.1) is 24.7 Å². The first-order chi connectivity index (χ1) is 23.3. The fourth-order valence-corrected chi connectivity index (χ4v) is 6.12. The number of carbonyl (C=O) groups excluding carboxylic acids is 3. The van der Waals surface area contributed by atoms with Crippen LogP contribution in [0.1, 0.15) is 29.8 Å². The highest BCUT2D eigenvalue weighted by molar-refractivity contribution is 8.00. The lowest BCUT2D eigenvalue weighted by Gasteiger charge is -2.14. The molecule has 0 aliphatic carbocycles. The fraction of sp³-hybridized carbons (Fsp3) is 0.135. The van der Waals surface area contributed by atoms with Crippen LogP contribution in [0.5, 0.6) is 11.5 Å². The second-order valence-electron chi connectivity index (χ2n) is 10.4. The van der Waals surface area contributed by atoms with Crippen LogP contribution >= 0.6 is 23.1 Å². The van der Waals surface area contributed by atoms with Crippen LogP contribution in [-0.4, -0.2) is 41.7 Å². The van der Waals surface area contributed by atoms with Crippen molar-refractivity contribution >= 4 is 57.7 Å². The molecule has 3 amide bonds. The predicted octanol–water partition coefficient (Wildman–Crippen LogP) is 7.75. The zero-order valence-corrected chi connectivity index (χ0v) is 28.2. The maximum Gasteiger partial charge on any atom is 0.272 e. The Labute approximate surface area is 287 Å². The van der Waals surface area contributed by atoms with E-state index in [9.17, 15) is 14.4 Å². The van der Waals surface area contributed by atoms with Gasteiger partial charge >= 0.3 is 0 Å². The zero-order valence-electron chi connectivity index (χ0n) is 26.6. The Bertz CT molecular complexity index is 1890. The van der Waals surface area contributed by atoms with E-state index in [0.29, 0.717) is 34.3 Å². The minimum atomic E-state index is -0.502. The number of rotatable bonds is 13. The van der Waals surface area contributed by atoms with Crippen molar-refractivity contribution in [2.45, 2.75) is 24.0 Å². The van der Waals surface area contributed by atoms with Gasteiger partial charge in [0.1, 0.15) is 17.2 Å². The molecule has 5 rings (SSSR count). The number of amides is 3. The van der Waals surface area contributed by atoms with Crippen molar-refractivity contribution < 1.29 is 23.9 Å². The number of aromatic nitrogens is 1. The van der Waals surface area contributed by atoms with E-state index in [1.165, 1.54) is 23.1 Å². The molecule has 9 nitrogen and oxygen atoms in total. The molecule has 244 valence electrons. The third-order valence-corrected chi connectivity index (χ3v) is 8.78. The van der Waals surface area contributed by atoms with Crippen LogP contribution in [0.15, 0.2) is 119 Å². The fourth-order valence-electron chi connectivity index (χ4n) is 4.47. The average molecular weight is 679 g/mol. The standard InChI is InChI=1S/C37H34N4O5S2/c1-4-46-30-17-13-25(14-18-30)21-32(39-35(43)27-9-6-5-7-10-27)36(44)38-28-11-8-12-31(22-28)48-24(2)34(42)41-37-40-33(23-47-37)26-15-19-29(45-3)20-16-26/h5-24H,4H2,1-3H3,(H,38,44)(H,39,43)(H,40,41,42)/b32-21+. The summed E-state index contributed by atoms with van der Waals surface area (Å²) in [4.78, 5) is 44.9.